The van der Waals surface area contributed by atoms with Crippen molar-refractivity contribution < 1.29 is 9.53 Å². The van der Waals surface area contributed by atoms with Crippen molar-refractivity contribution >= 4 is 5.91 Å². The molecule has 1 fully saturated rings. The Balaban J connectivity index is 1.68. The molecule has 1 unspecified atom stereocenters. The smallest absolute Gasteiger partial charge is 0.222 e. The first-order valence-electron chi connectivity index (χ1n) is 7.84. The fourth-order valence-corrected chi connectivity index (χ4v) is 2.72. The number of likely N-dealkylation sites (N-methyl/N-ethyl adjacent to an activating group) is 1. The van der Waals surface area contributed by atoms with Crippen LogP contribution < -0.4 is 10.1 Å². The maximum absolute atomic E-state index is 12.2. The quantitative estimate of drug-likeness (QED) is 0.818. The zero-order chi connectivity index (χ0) is 15.1. The summed E-state index contributed by atoms with van der Waals surface area (Å²) in [6, 6.07) is 8.43. The average molecular weight is 290 g/mol. The van der Waals surface area contributed by atoms with E-state index in [1.165, 1.54) is 0 Å². The van der Waals surface area contributed by atoms with Gasteiger partial charge in [0, 0.05) is 25.6 Å². The monoisotopic (exact) mass is 290 g/mol. The van der Waals surface area contributed by atoms with Crippen LogP contribution in [0.4, 0.5) is 0 Å². The Labute approximate surface area is 127 Å². The first-order chi connectivity index (χ1) is 10.2. The van der Waals surface area contributed by atoms with Crippen LogP contribution in [0.1, 0.15) is 31.2 Å². The lowest BCUT2D eigenvalue weighted by Crippen LogP contribution is -2.46. The van der Waals surface area contributed by atoms with Crippen molar-refractivity contribution in [3.05, 3.63) is 29.8 Å². The highest BCUT2D eigenvalue weighted by atomic mass is 16.5. The molecule has 0 radical (unpaired) electrons. The van der Waals surface area contributed by atoms with Crippen LogP contribution >= 0.6 is 0 Å². The van der Waals surface area contributed by atoms with E-state index in [2.05, 4.69) is 5.32 Å². The van der Waals surface area contributed by atoms with Crippen LogP contribution in [0, 0.1) is 6.92 Å². The van der Waals surface area contributed by atoms with E-state index in [0.717, 1.165) is 43.7 Å². The van der Waals surface area contributed by atoms with E-state index in [0.29, 0.717) is 19.1 Å². The van der Waals surface area contributed by atoms with Gasteiger partial charge in [-0.25, -0.2) is 0 Å². The number of piperidine rings is 1. The third-order valence-electron chi connectivity index (χ3n) is 4.07. The molecular formula is C17H26N2O2. The van der Waals surface area contributed by atoms with Crippen molar-refractivity contribution in [2.75, 3.05) is 26.7 Å². The van der Waals surface area contributed by atoms with Crippen molar-refractivity contribution in [2.24, 2.45) is 0 Å². The highest BCUT2D eigenvalue weighted by molar-refractivity contribution is 5.76. The zero-order valence-electron chi connectivity index (χ0n) is 13.1. The van der Waals surface area contributed by atoms with Gasteiger partial charge in [0.1, 0.15) is 5.75 Å². The SMILES string of the molecule is CNC1CCCN(C(=O)CCCOc2ccccc2C)C1. The first kappa shape index (κ1) is 15.8. The molecule has 1 aliphatic heterocycles. The topological polar surface area (TPSA) is 41.6 Å². The second-order valence-corrected chi connectivity index (χ2v) is 5.69. The standard InChI is InChI=1S/C17H26N2O2/c1-14-7-3-4-9-16(14)21-12-6-10-17(20)19-11-5-8-15(13-19)18-2/h3-4,7,9,15,18H,5-6,8,10-13H2,1-2H3. The largest absolute Gasteiger partial charge is 0.493 e. The number of benzene rings is 1. The molecule has 2 rings (SSSR count). The summed E-state index contributed by atoms with van der Waals surface area (Å²) in [6.45, 7) is 4.37. The summed E-state index contributed by atoms with van der Waals surface area (Å²) in [5, 5.41) is 3.27. The fraction of sp³-hybridized carbons (Fsp3) is 0.588. The number of hydrogen-bond acceptors (Lipinski definition) is 3. The first-order valence-corrected chi connectivity index (χ1v) is 7.84. The molecule has 0 aliphatic carbocycles. The Morgan fingerprint density at radius 2 is 2.24 bits per heavy atom. The highest BCUT2D eigenvalue weighted by Gasteiger charge is 2.21. The number of aryl methyl sites for hydroxylation is 1. The summed E-state index contributed by atoms with van der Waals surface area (Å²) in [5.74, 6) is 1.17. The van der Waals surface area contributed by atoms with E-state index in [1.807, 2.05) is 43.1 Å². The van der Waals surface area contributed by atoms with Crippen LogP contribution in [-0.2, 0) is 4.79 Å². The molecule has 116 valence electrons. The molecule has 1 saturated heterocycles. The maximum Gasteiger partial charge on any atom is 0.222 e. The fourth-order valence-electron chi connectivity index (χ4n) is 2.72. The third kappa shape index (κ3) is 4.74. The second kappa shape index (κ2) is 8.03. The Kier molecular flexibility index (Phi) is 6.05. The Hall–Kier alpha value is -1.55. The summed E-state index contributed by atoms with van der Waals surface area (Å²) < 4.78 is 5.73. The van der Waals surface area contributed by atoms with Crippen molar-refractivity contribution in [1.29, 1.82) is 0 Å². The van der Waals surface area contributed by atoms with Gasteiger partial charge in [-0.2, -0.15) is 0 Å². The van der Waals surface area contributed by atoms with Crippen LogP contribution in [0.2, 0.25) is 0 Å². The van der Waals surface area contributed by atoms with Crippen LogP contribution in [-0.4, -0.2) is 43.6 Å². The Bertz CT molecular complexity index is 462. The number of ether oxygens (including phenoxy) is 1. The summed E-state index contributed by atoms with van der Waals surface area (Å²) in [4.78, 5) is 14.2. The molecular weight excluding hydrogens is 264 g/mol. The van der Waals surface area contributed by atoms with Gasteiger partial charge in [-0.3, -0.25) is 4.79 Å². The Morgan fingerprint density at radius 3 is 3.00 bits per heavy atom. The summed E-state index contributed by atoms with van der Waals surface area (Å²) >= 11 is 0. The molecule has 1 heterocycles. The van der Waals surface area contributed by atoms with Gasteiger partial charge in [-0.15, -0.1) is 0 Å². The van der Waals surface area contributed by atoms with Gasteiger partial charge in [0.05, 0.1) is 6.61 Å². The van der Waals surface area contributed by atoms with Gasteiger partial charge < -0.3 is 15.0 Å². The molecule has 0 bridgehead atoms. The van der Waals surface area contributed by atoms with Gasteiger partial charge in [-0.05, 0) is 44.9 Å². The number of likely N-dealkylation sites (tertiary alicyclic amines) is 1. The maximum atomic E-state index is 12.2. The number of carbonyl (C=O) groups excluding carboxylic acids is 1. The van der Waals surface area contributed by atoms with E-state index in [9.17, 15) is 4.79 Å². The summed E-state index contributed by atoms with van der Waals surface area (Å²) in [5.41, 5.74) is 1.14. The van der Waals surface area contributed by atoms with E-state index < -0.39 is 0 Å². The predicted octanol–water partition coefficient (Wildman–Crippen LogP) is 2.36. The van der Waals surface area contributed by atoms with Gasteiger partial charge in [-0.1, -0.05) is 18.2 Å². The third-order valence-corrected chi connectivity index (χ3v) is 4.07. The number of amides is 1. The van der Waals surface area contributed by atoms with Crippen LogP contribution in [0.5, 0.6) is 5.75 Å². The van der Waals surface area contributed by atoms with Gasteiger partial charge in [0.15, 0.2) is 0 Å². The lowest BCUT2D eigenvalue weighted by Gasteiger charge is -2.32. The van der Waals surface area contributed by atoms with Crippen molar-refractivity contribution in [3.8, 4) is 5.75 Å². The van der Waals surface area contributed by atoms with Crippen molar-refractivity contribution in [2.45, 2.75) is 38.6 Å². The number of para-hydroxylation sites is 1. The van der Waals surface area contributed by atoms with Crippen LogP contribution in [0.25, 0.3) is 0 Å². The summed E-state index contributed by atoms with van der Waals surface area (Å²) in [7, 11) is 1.97. The molecule has 4 heteroatoms. The van der Waals surface area contributed by atoms with E-state index >= 15 is 0 Å². The summed E-state index contributed by atoms with van der Waals surface area (Å²) in [6.07, 6.45) is 3.60. The number of hydrogen-bond donors (Lipinski definition) is 1. The van der Waals surface area contributed by atoms with Crippen molar-refractivity contribution in [1.82, 2.24) is 10.2 Å². The van der Waals surface area contributed by atoms with Crippen molar-refractivity contribution in [3.63, 3.8) is 0 Å². The number of rotatable bonds is 6. The average Bonchev–Trinajstić information content (AvgIpc) is 2.53. The normalized spacial score (nSPS) is 18.6. The highest BCUT2D eigenvalue weighted by Crippen LogP contribution is 2.17. The molecule has 0 spiro atoms. The molecule has 21 heavy (non-hydrogen) atoms. The predicted molar refractivity (Wildman–Crippen MR) is 84.6 cm³/mol. The van der Waals surface area contributed by atoms with E-state index in [4.69, 9.17) is 4.74 Å². The second-order valence-electron chi connectivity index (χ2n) is 5.69. The molecule has 1 aromatic rings. The Morgan fingerprint density at radius 1 is 1.43 bits per heavy atom. The number of carbonyl (C=O) groups is 1. The minimum atomic E-state index is 0.253. The molecule has 0 aromatic heterocycles. The number of nitrogens with zero attached hydrogens (tertiary/aromatic N) is 1. The molecule has 1 N–H and O–H groups in total. The van der Waals surface area contributed by atoms with E-state index in [1.54, 1.807) is 0 Å². The van der Waals surface area contributed by atoms with E-state index in [-0.39, 0.29) is 5.91 Å². The molecule has 1 atom stereocenters. The zero-order valence-corrected chi connectivity index (χ0v) is 13.1. The molecule has 4 nitrogen and oxygen atoms in total. The lowest BCUT2D eigenvalue weighted by atomic mass is 10.1. The van der Waals surface area contributed by atoms with Gasteiger partial charge >= 0.3 is 0 Å². The number of nitrogens with one attached hydrogen (secondary N) is 1. The molecule has 1 amide bonds. The van der Waals surface area contributed by atoms with Gasteiger partial charge in [0.2, 0.25) is 5.91 Å². The molecule has 1 aromatic carbocycles. The molecule has 0 saturated carbocycles. The minimum absolute atomic E-state index is 0.253. The minimum Gasteiger partial charge on any atom is -0.493 e. The van der Waals surface area contributed by atoms with Gasteiger partial charge in [0.25, 0.3) is 0 Å². The molecule has 1 aliphatic rings. The van der Waals surface area contributed by atoms with Crippen LogP contribution in [0.3, 0.4) is 0 Å². The van der Waals surface area contributed by atoms with Crippen LogP contribution in [0.15, 0.2) is 24.3 Å². The lowest BCUT2D eigenvalue weighted by molar-refractivity contribution is -0.132.